The van der Waals surface area contributed by atoms with E-state index in [9.17, 15) is 9.59 Å². The molecule has 0 aliphatic carbocycles. The van der Waals surface area contributed by atoms with Gasteiger partial charge < -0.3 is 19.5 Å². The summed E-state index contributed by atoms with van der Waals surface area (Å²) >= 11 is 11.8. The van der Waals surface area contributed by atoms with Gasteiger partial charge in [-0.15, -0.1) is 0 Å². The van der Waals surface area contributed by atoms with Crippen LogP contribution in [0.15, 0.2) is 36.4 Å². The summed E-state index contributed by atoms with van der Waals surface area (Å²) in [6, 6.07) is 9.32. The molecule has 0 spiro atoms. The molecule has 26 heavy (non-hydrogen) atoms. The van der Waals surface area contributed by atoms with E-state index in [4.69, 9.17) is 37.4 Å². The fourth-order valence-corrected chi connectivity index (χ4v) is 2.47. The molecule has 1 unspecified atom stereocenters. The molecule has 2 aromatic carbocycles. The average Bonchev–Trinajstić information content (AvgIpc) is 2.61. The number of carbonyl (C=O) groups excluding carboxylic acids is 2. The van der Waals surface area contributed by atoms with Crippen LogP contribution in [0, 0.1) is 0 Å². The van der Waals surface area contributed by atoms with Gasteiger partial charge in [-0.2, -0.15) is 0 Å². The summed E-state index contributed by atoms with van der Waals surface area (Å²) in [6.45, 7) is 1.45. The Kier molecular flexibility index (Phi) is 6.71. The standard InChI is InChI=1S/C18H17Cl2NO5/c1-10(17(22)21-14-9-12(20)5-7-16(14)25-3)26-18(23)13-8-11(19)4-6-15(13)24-2/h4-10H,1-3H3,(H,21,22). The van der Waals surface area contributed by atoms with Crippen LogP contribution in [0.2, 0.25) is 10.0 Å². The minimum atomic E-state index is -1.07. The first-order valence-electron chi connectivity index (χ1n) is 7.54. The lowest BCUT2D eigenvalue weighted by atomic mass is 10.2. The first kappa shape index (κ1) is 19.9. The fourth-order valence-electron chi connectivity index (χ4n) is 2.13. The molecule has 6 nitrogen and oxygen atoms in total. The smallest absolute Gasteiger partial charge is 0.342 e. The Morgan fingerprint density at radius 1 is 0.962 bits per heavy atom. The predicted octanol–water partition coefficient (Wildman–Crippen LogP) is 4.19. The molecule has 2 rings (SSSR count). The van der Waals surface area contributed by atoms with Crippen LogP contribution in [-0.4, -0.2) is 32.2 Å². The monoisotopic (exact) mass is 397 g/mol. The van der Waals surface area contributed by atoms with Crippen molar-refractivity contribution in [3.63, 3.8) is 0 Å². The Balaban J connectivity index is 2.11. The second-order valence-electron chi connectivity index (χ2n) is 5.23. The lowest BCUT2D eigenvalue weighted by Crippen LogP contribution is -2.30. The second kappa shape index (κ2) is 8.78. The SMILES string of the molecule is COc1ccc(Cl)cc1NC(=O)C(C)OC(=O)c1cc(Cl)ccc1OC. The number of hydrogen-bond donors (Lipinski definition) is 1. The van der Waals surface area contributed by atoms with Gasteiger partial charge in [-0.05, 0) is 43.3 Å². The van der Waals surface area contributed by atoms with E-state index in [-0.39, 0.29) is 5.56 Å². The van der Waals surface area contributed by atoms with Gasteiger partial charge in [0, 0.05) is 10.0 Å². The fraction of sp³-hybridized carbons (Fsp3) is 0.222. The topological polar surface area (TPSA) is 73.9 Å². The molecule has 8 heteroatoms. The Morgan fingerprint density at radius 3 is 2.15 bits per heavy atom. The molecule has 0 saturated carbocycles. The number of carbonyl (C=O) groups is 2. The number of anilines is 1. The maximum atomic E-state index is 12.3. The Morgan fingerprint density at radius 2 is 1.54 bits per heavy atom. The molecule has 0 aromatic heterocycles. The van der Waals surface area contributed by atoms with Crippen molar-refractivity contribution in [2.45, 2.75) is 13.0 Å². The van der Waals surface area contributed by atoms with Crippen molar-refractivity contribution in [3.05, 3.63) is 52.0 Å². The Hall–Kier alpha value is -2.44. The van der Waals surface area contributed by atoms with Crippen molar-refractivity contribution in [1.82, 2.24) is 0 Å². The van der Waals surface area contributed by atoms with E-state index < -0.39 is 18.0 Å². The average molecular weight is 398 g/mol. The maximum absolute atomic E-state index is 12.3. The first-order valence-corrected chi connectivity index (χ1v) is 8.30. The summed E-state index contributed by atoms with van der Waals surface area (Å²) in [7, 11) is 2.88. The summed E-state index contributed by atoms with van der Waals surface area (Å²) < 4.78 is 15.5. The molecule has 0 saturated heterocycles. The lowest BCUT2D eigenvalue weighted by Gasteiger charge is -2.16. The van der Waals surface area contributed by atoms with Crippen LogP contribution in [0.3, 0.4) is 0 Å². The van der Waals surface area contributed by atoms with Gasteiger partial charge in [0.2, 0.25) is 0 Å². The minimum absolute atomic E-state index is 0.125. The van der Waals surface area contributed by atoms with E-state index in [1.807, 2.05) is 0 Å². The zero-order valence-electron chi connectivity index (χ0n) is 14.3. The van der Waals surface area contributed by atoms with Crippen molar-refractivity contribution < 1.29 is 23.8 Å². The van der Waals surface area contributed by atoms with Gasteiger partial charge in [-0.25, -0.2) is 4.79 Å². The van der Waals surface area contributed by atoms with Crippen molar-refractivity contribution in [2.75, 3.05) is 19.5 Å². The van der Waals surface area contributed by atoms with E-state index >= 15 is 0 Å². The normalized spacial score (nSPS) is 11.4. The number of halogens is 2. The third kappa shape index (κ3) is 4.80. The van der Waals surface area contributed by atoms with Gasteiger partial charge in [-0.1, -0.05) is 23.2 Å². The summed E-state index contributed by atoms with van der Waals surface area (Å²) in [6.07, 6.45) is -1.07. The molecule has 0 radical (unpaired) electrons. The molecule has 0 aliphatic heterocycles. The Labute approximate surface area is 160 Å². The number of hydrogen-bond acceptors (Lipinski definition) is 5. The molecule has 0 heterocycles. The van der Waals surface area contributed by atoms with Crippen LogP contribution in [-0.2, 0) is 9.53 Å². The van der Waals surface area contributed by atoms with E-state index in [2.05, 4.69) is 5.32 Å². The number of esters is 1. The van der Waals surface area contributed by atoms with Crippen LogP contribution < -0.4 is 14.8 Å². The Bertz CT molecular complexity index is 825. The molecule has 1 N–H and O–H groups in total. The van der Waals surface area contributed by atoms with Gasteiger partial charge in [0.1, 0.15) is 17.1 Å². The molecule has 0 bridgehead atoms. The van der Waals surface area contributed by atoms with Crippen LogP contribution in [0.25, 0.3) is 0 Å². The molecule has 1 atom stereocenters. The van der Waals surface area contributed by atoms with Crippen LogP contribution in [0.5, 0.6) is 11.5 Å². The zero-order chi connectivity index (χ0) is 19.3. The number of methoxy groups -OCH3 is 2. The van der Waals surface area contributed by atoms with Gasteiger partial charge in [0.15, 0.2) is 6.10 Å². The number of benzene rings is 2. The van der Waals surface area contributed by atoms with Gasteiger partial charge >= 0.3 is 5.97 Å². The zero-order valence-corrected chi connectivity index (χ0v) is 15.9. The summed E-state index contributed by atoms with van der Waals surface area (Å²) in [5.74, 6) is -0.550. The highest BCUT2D eigenvalue weighted by atomic mass is 35.5. The van der Waals surface area contributed by atoms with E-state index in [0.717, 1.165) is 0 Å². The van der Waals surface area contributed by atoms with Crippen molar-refractivity contribution >= 4 is 40.8 Å². The quantitative estimate of drug-likeness (QED) is 0.739. The molecule has 2 aromatic rings. The molecule has 0 fully saturated rings. The number of rotatable bonds is 6. The number of nitrogens with one attached hydrogen (secondary N) is 1. The highest BCUT2D eigenvalue weighted by molar-refractivity contribution is 6.31. The van der Waals surface area contributed by atoms with Crippen molar-refractivity contribution in [3.8, 4) is 11.5 Å². The third-order valence-electron chi connectivity index (χ3n) is 3.45. The highest BCUT2D eigenvalue weighted by Gasteiger charge is 2.22. The molecule has 0 aliphatic rings. The predicted molar refractivity (Wildman–Crippen MR) is 99.5 cm³/mol. The molecule has 1 amide bonds. The van der Waals surface area contributed by atoms with Crippen LogP contribution >= 0.6 is 23.2 Å². The molecular weight excluding hydrogens is 381 g/mol. The largest absolute Gasteiger partial charge is 0.496 e. The van der Waals surface area contributed by atoms with Crippen LogP contribution in [0.4, 0.5) is 5.69 Å². The van der Waals surface area contributed by atoms with Gasteiger partial charge in [-0.3, -0.25) is 4.79 Å². The second-order valence-corrected chi connectivity index (χ2v) is 6.10. The van der Waals surface area contributed by atoms with Crippen LogP contribution in [0.1, 0.15) is 17.3 Å². The summed E-state index contributed by atoms with van der Waals surface area (Å²) in [5, 5.41) is 3.39. The number of ether oxygens (including phenoxy) is 3. The molecule has 138 valence electrons. The maximum Gasteiger partial charge on any atom is 0.342 e. The number of amides is 1. The van der Waals surface area contributed by atoms with Gasteiger partial charge in [0.25, 0.3) is 5.91 Å². The third-order valence-corrected chi connectivity index (χ3v) is 3.92. The molecular formula is C18H17Cl2NO5. The summed E-state index contributed by atoms with van der Waals surface area (Å²) in [5.41, 5.74) is 0.494. The van der Waals surface area contributed by atoms with Gasteiger partial charge in [0.05, 0.1) is 19.9 Å². The first-order chi connectivity index (χ1) is 12.3. The van der Waals surface area contributed by atoms with E-state index in [1.54, 1.807) is 24.3 Å². The summed E-state index contributed by atoms with van der Waals surface area (Å²) in [4.78, 5) is 24.7. The lowest BCUT2D eigenvalue weighted by molar-refractivity contribution is -0.123. The minimum Gasteiger partial charge on any atom is -0.496 e. The van der Waals surface area contributed by atoms with E-state index in [0.29, 0.717) is 27.2 Å². The van der Waals surface area contributed by atoms with Crippen molar-refractivity contribution in [1.29, 1.82) is 0 Å². The van der Waals surface area contributed by atoms with E-state index in [1.165, 1.54) is 33.3 Å². The van der Waals surface area contributed by atoms with Crippen molar-refractivity contribution in [2.24, 2.45) is 0 Å². The highest BCUT2D eigenvalue weighted by Crippen LogP contribution is 2.28.